The number of likely N-dealkylation sites (tertiary alicyclic amines) is 1. The van der Waals surface area contributed by atoms with Crippen molar-refractivity contribution in [2.24, 2.45) is 5.92 Å². The second kappa shape index (κ2) is 7.61. The van der Waals surface area contributed by atoms with E-state index in [-0.39, 0.29) is 30.2 Å². The number of anilines is 1. The van der Waals surface area contributed by atoms with Crippen LogP contribution in [0, 0.1) is 5.92 Å². The first-order chi connectivity index (χ1) is 10.5. The maximum absolute atomic E-state index is 12.2. The Hall–Kier alpha value is -1.58. The first-order valence-corrected chi connectivity index (χ1v) is 7.77. The van der Waals surface area contributed by atoms with Gasteiger partial charge in [-0.05, 0) is 6.92 Å². The molecule has 1 aromatic heterocycles. The number of methoxy groups -OCH3 is 2. The Morgan fingerprint density at radius 2 is 2.23 bits per heavy atom. The molecule has 1 fully saturated rings. The summed E-state index contributed by atoms with van der Waals surface area (Å²) in [5, 5.41) is 11.6. The number of rotatable bonds is 7. The number of aromatic nitrogens is 2. The molecule has 9 heteroatoms. The van der Waals surface area contributed by atoms with Gasteiger partial charge in [0.25, 0.3) is 0 Å². The summed E-state index contributed by atoms with van der Waals surface area (Å²) in [7, 11) is 3.16. The largest absolute Gasteiger partial charge is 0.383 e. The third-order valence-corrected chi connectivity index (χ3v) is 4.25. The molecule has 0 unspecified atom stereocenters. The highest BCUT2D eigenvalue weighted by molar-refractivity contribution is 7.15. The Balaban J connectivity index is 1.91. The summed E-state index contributed by atoms with van der Waals surface area (Å²) < 4.78 is 10.0. The lowest BCUT2D eigenvalue weighted by molar-refractivity contribution is -0.130. The summed E-state index contributed by atoms with van der Waals surface area (Å²) in [6.07, 6.45) is 0.212. The number of nitrogens with zero attached hydrogens (tertiary/aromatic N) is 3. The van der Waals surface area contributed by atoms with Crippen LogP contribution in [0.1, 0.15) is 18.4 Å². The molecule has 1 aliphatic rings. The zero-order valence-electron chi connectivity index (χ0n) is 12.9. The van der Waals surface area contributed by atoms with Gasteiger partial charge in [-0.2, -0.15) is 0 Å². The van der Waals surface area contributed by atoms with Crippen LogP contribution in [0.2, 0.25) is 0 Å². The van der Waals surface area contributed by atoms with E-state index in [9.17, 15) is 9.59 Å². The quantitative estimate of drug-likeness (QED) is 0.784. The predicted molar refractivity (Wildman–Crippen MR) is 80.4 cm³/mol. The van der Waals surface area contributed by atoms with E-state index in [2.05, 4.69) is 15.5 Å². The topological polar surface area (TPSA) is 93.7 Å². The Bertz CT molecular complexity index is 536. The number of amides is 2. The summed E-state index contributed by atoms with van der Waals surface area (Å²) in [5.41, 5.74) is 0. The van der Waals surface area contributed by atoms with Crippen LogP contribution in [0.5, 0.6) is 0 Å². The van der Waals surface area contributed by atoms with E-state index in [0.29, 0.717) is 29.9 Å². The summed E-state index contributed by atoms with van der Waals surface area (Å²) in [6.45, 7) is 3.12. The zero-order valence-corrected chi connectivity index (χ0v) is 13.7. The van der Waals surface area contributed by atoms with Gasteiger partial charge in [-0.3, -0.25) is 9.59 Å². The van der Waals surface area contributed by atoms with E-state index < -0.39 is 0 Å². The van der Waals surface area contributed by atoms with Gasteiger partial charge in [-0.25, -0.2) is 0 Å². The standard InChI is InChI=1S/C13H20N4O4S/c1-8(6-20-2)17-5-9(4-11(17)18)12(19)14-13-16-15-10(22-13)7-21-3/h8-9H,4-7H2,1-3H3,(H,14,16,19)/t8-,9+/m1/s1. The van der Waals surface area contributed by atoms with Crippen molar-refractivity contribution in [1.29, 1.82) is 0 Å². The minimum Gasteiger partial charge on any atom is -0.383 e. The highest BCUT2D eigenvalue weighted by Crippen LogP contribution is 2.23. The van der Waals surface area contributed by atoms with Crippen molar-refractivity contribution in [3.63, 3.8) is 0 Å². The van der Waals surface area contributed by atoms with Crippen LogP contribution in [0.3, 0.4) is 0 Å². The summed E-state index contributed by atoms with van der Waals surface area (Å²) in [5.74, 6) is -0.607. The third-order valence-electron chi connectivity index (χ3n) is 3.43. The SMILES string of the molecule is COCc1nnc(NC(=O)[C@H]2CC(=O)N([C@H](C)COC)C2)s1. The summed E-state index contributed by atoms with van der Waals surface area (Å²) in [6, 6.07) is -0.0369. The Kier molecular flexibility index (Phi) is 5.81. The maximum atomic E-state index is 12.2. The van der Waals surface area contributed by atoms with Gasteiger partial charge in [0.1, 0.15) is 11.6 Å². The first-order valence-electron chi connectivity index (χ1n) is 6.95. The fraction of sp³-hybridized carbons (Fsp3) is 0.692. The highest BCUT2D eigenvalue weighted by Gasteiger charge is 2.36. The van der Waals surface area contributed by atoms with Gasteiger partial charge in [0, 0.05) is 27.2 Å². The van der Waals surface area contributed by atoms with Crippen LogP contribution in [-0.4, -0.2) is 60.3 Å². The number of hydrogen-bond acceptors (Lipinski definition) is 7. The van der Waals surface area contributed by atoms with Crippen LogP contribution in [-0.2, 0) is 25.7 Å². The fourth-order valence-corrected chi connectivity index (χ4v) is 3.07. The molecule has 0 radical (unpaired) electrons. The Morgan fingerprint density at radius 3 is 2.91 bits per heavy atom. The molecule has 8 nitrogen and oxygen atoms in total. The predicted octanol–water partition coefficient (Wildman–Crippen LogP) is 0.506. The minimum absolute atomic E-state index is 0.0259. The van der Waals surface area contributed by atoms with Gasteiger partial charge in [0.05, 0.1) is 18.6 Å². The van der Waals surface area contributed by atoms with E-state index in [1.165, 1.54) is 11.3 Å². The maximum Gasteiger partial charge on any atom is 0.231 e. The molecule has 0 saturated carbocycles. The number of ether oxygens (including phenoxy) is 2. The highest BCUT2D eigenvalue weighted by atomic mass is 32.1. The molecule has 122 valence electrons. The van der Waals surface area contributed by atoms with Crippen molar-refractivity contribution < 1.29 is 19.1 Å². The number of hydrogen-bond donors (Lipinski definition) is 1. The van der Waals surface area contributed by atoms with Gasteiger partial charge in [0.2, 0.25) is 16.9 Å². The van der Waals surface area contributed by atoms with Crippen molar-refractivity contribution >= 4 is 28.3 Å². The Labute approximate surface area is 132 Å². The fourth-order valence-electron chi connectivity index (χ4n) is 2.36. The van der Waals surface area contributed by atoms with Gasteiger partial charge < -0.3 is 19.7 Å². The number of carbonyl (C=O) groups excluding carboxylic acids is 2. The lowest BCUT2D eigenvalue weighted by Crippen LogP contribution is -2.38. The zero-order chi connectivity index (χ0) is 16.1. The van der Waals surface area contributed by atoms with E-state index in [0.717, 1.165) is 0 Å². The molecule has 2 heterocycles. The molecule has 1 saturated heterocycles. The molecule has 0 aliphatic carbocycles. The summed E-state index contributed by atoms with van der Waals surface area (Å²) >= 11 is 1.26. The van der Waals surface area contributed by atoms with Crippen LogP contribution < -0.4 is 5.32 Å². The molecule has 2 atom stereocenters. The molecule has 0 aromatic carbocycles. The van der Waals surface area contributed by atoms with Crippen LogP contribution in [0.4, 0.5) is 5.13 Å². The van der Waals surface area contributed by atoms with Gasteiger partial charge in [0.15, 0.2) is 0 Å². The molecule has 0 bridgehead atoms. The molecular weight excluding hydrogens is 308 g/mol. The van der Waals surface area contributed by atoms with E-state index in [1.807, 2.05) is 6.92 Å². The van der Waals surface area contributed by atoms with Gasteiger partial charge in [-0.1, -0.05) is 11.3 Å². The minimum atomic E-state index is -0.374. The van der Waals surface area contributed by atoms with Crippen LogP contribution in [0.15, 0.2) is 0 Å². The molecule has 2 amide bonds. The smallest absolute Gasteiger partial charge is 0.231 e. The molecule has 1 aromatic rings. The van der Waals surface area contributed by atoms with Crippen LogP contribution in [0.25, 0.3) is 0 Å². The first kappa shape index (κ1) is 16.8. The van der Waals surface area contributed by atoms with Crippen LogP contribution >= 0.6 is 11.3 Å². The lowest BCUT2D eigenvalue weighted by atomic mass is 10.1. The van der Waals surface area contributed by atoms with Gasteiger partial charge in [-0.15, -0.1) is 10.2 Å². The monoisotopic (exact) mass is 328 g/mol. The molecule has 22 heavy (non-hydrogen) atoms. The third kappa shape index (κ3) is 3.99. The second-order valence-corrected chi connectivity index (χ2v) is 6.24. The van der Waals surface area contributed by atoms with Crippen molar-refractivity contribution in [2.45, 2.75) is 26.0 Å². The van der Waals surface area contributed by atoms with E-state index >= 15 is 0 Å². The average molecular weight is 328 g/mol. The number of nitrogens with one attached hydrogen (secondary N) is 1. The van der Waals surface area contributed by atoms with Crippen molar-refractivity contribution in [3.05, 3.63) is 5.01 Å². The summed E-state index contributed by atoms with van der Waals surface area (Å²) in [4.78, 5) is 25.9. The molecule has 0 spiro atoms. The molecule has 2 rings (SSSR count). The normalized spacial score (nSPS) is 19.5. The average Bonchev–Trinajstić information content (AvgIpc) is 3.06. The molecule has 1 aliphatic heterocycles. The van der Waals surface area contributed by atoms with Gasteiger partial charge >= 0.3 is 0 Å². The second-order valence-electron chi connectivity index (χ2n) is 5.17. The Morgan fingerprint density at radius 1 is 1.45 bits per heavy atom. The lowest BCUT2D eigenvalue weighted by Gasteiger charge is -2.23. The van der Waals surface area contributed by atoms with Crippen molar-refractivity contribution in [2.75, 3.05) is 32.7 Å². The molecule has 1 N–H and O–H groups in total. The number of carbonyl (C=O) groups is 2. The van der Waals surface area contributed by atoms with E-state index in [4.69, 9.17) is 9.47 Å². The molecular formula is C13H20N4O4S. The van der Waals surface area contributed by atoms with E-state index in [1.54, 1.807) is 19.1 Å². The van der Waals surface area contributed by atoms with Crippen molar-refractivity contribution in [1.82, 2.24) is 15.1 Å². The van der Waals surface area contributed by atoms with Crippen molar-refractivity contribution in [3.8, 4) is 0 Å².